The summed E-state index contributed by atoms with van der Waals surface area (Å²) in [4.78, 5) is 15.6. The molecule has 136 valence electrons. The van der Waals surface area contributed by atoms with Crippen LogP contribution in [-0.2, 0) is 17.8 Å². The summed E-state index contributed by atoms with van der Waals surface area (Å²) in [5.41, 5.74) is 9.24. The molecule has 2 aliphatic rings. The lowest BCUT2D eigenvalue weighted by atomic mass is 10.0. The molecule has 0 amide bonds. The fraction of sp³-hybridized carbons (Fsp3) is 0.368. The molecule has 7 nitrogen and oxygen atoms in total. The van der Waals surface area contributed by atoms with E-state index in [0.717, 1.165) is 29.8 Å². The molecule has 2 aromatic rings. The molecule has 1 saturated heterocycles. The lowest BCUT2D eigenvalue weighted by Crippen LogP contribution is -2.30. The van der Waals surface area contributed by atoms with Gasteiger partial charge in [-0.05, 0) is 48.6 Å². The van der Waals surface area contributed by atoms with Gasteiger partial charge < -0.3 is 14.6 Å². The Balaban J connectivity index is 1.39. The topological polar surface area (TPSA) is 92.7 Å². The van der Waals surface area contributed by atoms with Crippen molar-refractivity contribution in [3.63, 3.8) is 0 Å². The normalized spacial score (nSPS) is 21.7. The second kappa shape index (κ2) is 7.31. The largest absolute Gasteiger partial charge is 0.487 e. The first-order valence-corrected chi connectivity index (χ1v) is 8.77. The SMILES string of the molecule is O=C(O)[C@@H]1CCc2ccc(COc3ccc(C4CCNN4)nc3)cc2O1. The van der Waals surface area contributed by atoms with Crippen LogP contribution in [0.1, 0.15) is 35.7 Å². The van der Waals surface area contributed by atoms with Gasteiger partial charge in [-0.25, -0.2) is 10.2 Å². The molecule has 1 unspecified atom stereocenters. The number of nitrogens with zero attached hydrogens (tertiary/aromatic N) is 1. The molecule has 3 heterocycles. The van der Waals surface area contributed by atoms with Crippen molar-refractivity contribution in [3.8, 4) is 11.5 Å². The summed E-state index contributed by atoms with van der Waals surface area (Å²) in [6.45, 7) is 1.31. The summed E-state index contributed by atoms with van der Waals surface area (Å²) in [6.07, 6.45) is 3.18. The van der Waals surface area contributed by atoms with Crippen LogP contribution in [0.5, 0.6) is 11.5 Å². The molecule has 2 aliphatic heterocycles. The number of rotatable bonds is 5. The quantitative estimate of drug-likeness (QED) is 0.755. The van der Waals surface area contributed by atoms with Gasteiger partial charge in [-0.1, -0.05) is 12.1 Å². The maximum atomic E-state index is 11.1. The van der Waals surface area contributed by atoms with Crippen molar-refractivity contribution in [2.75, 3.05) is 6.54 Å². The lowest BCUT2D eigenvalue weighted by Gasteiger charge is -2.23. The lowest BCUT2D eigenvalue weighted by molar-refractivity contribution is -0.145. The number of carboxylic acid groups (broad SMARTS) is 1. The van der Waals surface area contributed by atoms with Crippen molar-refractivity contribution in [1.29, 1.82) is 0 Å². The molecular formula is C19H21N3O4. The Morgan fingerprint density at radius 3 is 2.96 bits per heavy atom. The smallest absolute Gasteiger partial charge is 0.344 e. The van der Waals surface area contributed by atoms with E-state index < -0.39 is 12.1 Å². The Labute approximate surface area is 151 Å². The molecule has 0 bridgehead atoms. The number of fused-ring (bicyclic) bond motifs is 1. The van der Waals surface area contributed by atoms with Crippen LogP contribution in [0.3, 0.4) is 0 Å². The zero-order chi connectivity index (χ0) is 17.9. The highest BCUT2D eigenvalue weighted by Crippen LogP contribution is 2.29. The first kappa shape index (κ1) is 16.8. The minimum absolute atomic E-state index is 0.240. The van der Waals surface area contributed by atoms with Crippen molar-refractivity contribution in [2.24, 2.45) is 0 Å². The molecule has 1 aromatic carbocycles. The number of pyridine rings is 1. The summed E-state index contributed by atoms with van der Waals surface area (Å²) in [6, 6.07) is 9.95. The van der Waals surface area contributed by atoms with Gasteiger partial charge in [-0.15, -0.1) is 0 Å². The van der Waals surface area contributed by atoms with Crippen molar-refractivity contribution in [2.45, 2.75) is 38.0 Å². The number of ether oxygens (including phenoxy) is 2. The van der Waals surface area contributed by atoms with E-state index in [-0.39, 0.29) is 6.04 Å². The first-order chi connectivity index (χ1) is 12.7. The van der Waals surface area contributed by atoms with Gasteiger partial charge in [-0.3, -0.25) is 10.4 Å². The second-order valence-corrected chi connectivity index (χ2v) is 6.55. The number of aryl methyl sites for hydroxylation is 1. The summed E-state index contributed by atoms with van der Waals surface area (Å²) < 4.78 is 11.4. The molecule has 3 N–H and O–H groups in total. The van der Waals surface area contributed by atoms with Crippen molar-refractivity contribution in [1.82, 2.24) is 15.8 Å². The van der Waals surface area contributed by atoms with Crippen LogP contribution >= 0.6 is 0 Å². The third kappa shape index (κ3) is 3.63. The van der Waals surface area contributed by atoms with E-state index in [2.05, 4.69) is 15.8 Å². The number of carbonyl (C=O) groups is 1. The van der Waals surface area contributed by atoms with Crippen molar-refractivity contribution >= 4 is 5.97 Å². The van der Waals surface area contributed by atoms with E-state index in [4.69, 9.17) is 14.6 Å². The maximum absolute atomic E-state index is 11.1. The molecule has 0 saturated carbocycles. The number of aliphatic carboxylic acids is 1. The highest BCUT2D eigenvalue weighted by Gasteiger charge is 2.25. The number of hydrogen-bond donors (Lipinski definition) is 3. The van der Waals surface area contributed by atoms with Crippen LogP contribution in [0.4, 0.5) is 0 Å². The highest BCUT2D eigenvalue weighted by atomic mass is 16.5. The van der Waals surface area contributed by atoms with E-state index >= 15 is 0 Å². The van der Waals surface area contributed by atoms with Crippen molar-refractivity contribution < 1.29 is 19.4 Å². The van der Waals surface area contributed by atoms with Gasteiger partial charge in [-0.2, -0.15) is 0 Å². The number of aromatic nitrogens is 1. The van der Waals surface area contributed by atoms with E-state index in [1.54, 1.807) is 6.20 Å². The molecular weight excluding hydrogens is 334 g/mol. The maximum Gasteiger partial charge on any atom is 0.344 e. The Morgan fingerprint density at radius 1 is 1.31 bits per heavy atom. The number of hydrazine groups is 1. The summed E-state index contributed by atoms with van der Waals surface area (Å²) >= 11 is 0. The first-order valence-electron chi connectivity index (χ1n) is 8.77. The Bertz CT molecular complexity index is 788. The van der Waals surface area contributed by atoms with Crippen molar-refractivity contribution in [3.05, 3.63) is 53.3 Å². The van der Waals surface area contributed by atoms with Crippen LogP contribution < -0.4 is 20.3 Å². The molecule has 1 aromatic heterocycles. The number of hydrogen-bond acceptors (Lipinski definition) is 6. The molecule has 0 radical (unpaired) electrons. The Morgan fingerprint density at radius 2 is 2.23 bits per heavy atom. The number of carboxylic acids is 1. The third-order valence-electron chi connectivity index (χ3n) is 4.71. The van der Waals surface area contributed by atoms with Gasteiger partial charge in [0.2, 0.25) is 0 Å². The second-order valence-electron chi connectivity index (χ2n) is 6.55. The standard InChI is InChI=1S/C19H21N3O4/c23-19(24)17-6-3-13-2-1-12(9-18(13)26-17)11-25-14-4-5-15(20-10-14)16-7-8-21-22-16/h1-2,4-5,9-10,16-17,21-22H,3,6-8,11H2,(H,23,24)/t16?,17-/m0/s1. The fourth-order valence-corrected chi connectivity index (χ4v) is 3.23. The fourth-order valence-electron chi connectivity index (χ4n) is 3.23. The molecule has 0 spiro atoms. The van der Waals surface area contributed by atoms with Crippen LogP contribution in [0.25, 0.3) is 0 Å². The van der Waals surface area contributed by atoms with Crippen LogP contribution in [0.2, 0.25) is 0 Å². The molecule has 1 fully saturated rings. The van der Waals surface area contributed by atoms with Gasteiger partial charge in [0.1, 0.15) is 18.1 Å². The predicted octanol–water partition coefficient (Wildman–Crippen LogP) is 1.98. The minimum Gasteiger partial charge on any atom is -0.487 e. The summed E-state index contributed by atoms with van der Waals surface area (Å²) in [5, 5.41) is 9.12. The summed E-state index contributed by atoms with van der Waals surface area (Å²) in [7, 11) is 0. The van der Waals surface area contributed by atoms with Crippen LogP contribution in [0, 0.1) is 0 Å². The van der Waals surface area contributed by atoms with Gasteiger partial charge >= 0.3 is 5.97 Å². The minimum atomic E-state index is -0.921. The molecule has 7 heteroatoms. The van der Waals surface area contributed by atoms with E-state index in [9.17, 15) is 4.79 Å². The third-order valence-corrected chi connectivity index (χ3v) is 4.71. The van der Waals surface area contributed by atoms with E-state index in [1.165, 1.54) is 0 Å². The van der Waals surface area contributed by atoms with Crippen LogP contribution in [0.15, 0.2) is 36.5 Å². The van der Waals surface area contributed by atoms with Gasteiger partial charge in [0, 0.05) is 6.54 Å². The number of benzene rings is 1. The predicted molar refractivity (Wildman–Crippen MR) is 93.9 cm³/mol. The molecule has 26 heavy (non-hydrogen) atoms. The highest BCUT2D eigenvalue weighted by molar-refractivity contribution is 5.73. The molecule has 0 aliphatic carbocycles. The monoisotopic (exact) mass is 355 g/mol. The van der Waals surface area contributed by atoms with Crippen LogP contribution in [-0.4, -0.2) is 28.7 Å². The summed E-state index contributed by atoms with van der Waals surface area (Å²) in [5.74, 6) is 0.412. The van der Waals surface area contributed by atoms with E-state index in [1.807, 2.05) is 30.3 Å². The number of nitrogens with one attached hydrogen (secondary N) is 2. The van der Waals surface area contributed by atoms with E-state index in [0.29, 0.717) is 30.9 Å². The molecule has 2 atom stereocenters. The van der Waals surface area contributed by atoms with Gasteiger partial charge in [0.05, 0.1) is 17.9 Å². The average Bonchev–Trinajstić information content (AvgIpc) is 3.21. The van der Waals surface area contributed by atoms with Gasteiger partial charge in [0.15, 0.2) is 6.10 Å². The Kier molecular flexibility index (Phi) is 4.73. The zero-order valence-electron chi connectivity index (χ0n) is 14.3. The zero-order valence-corrected chi connectivity index (χ0v) is 14.3. The average molecular weight is 355 g/mol. The molecule has 4 rings (SSSR count). The van der Waals surface area contributed by atoms with Gasteiger partial charge in [0.25, 0.3) is 0 Å². The Hall–Kier alpha value is -2.64.